The Morgan fingerprint density at radius 2 is 2.16 bits per heavy atom. The van der Waals surface area contributed by atoms with E-state index >= 15 is 0 Å². The van der Waals surface area contributed by atoms with Crippen LogP contribution in [0.1, 0.15) is 23.4 Å². The Kier molecular flexibility index (Phi) is 4.96. The van der Waals surface area contributed by atoms with E-state index in [1.165, 1.54) is 4.88 Å². The normalized spacial score (nSPS) is 11.8. The van der Waals surface area contributed by atoms with Crippen LogP contribution >= 0.6 is 11.3 Å². The predicted molar refractivity (Wildman–Crippen MR) is 77.1 cm³/mol. The number of nitrogens with zero attached hydrogens (tertiary/aromatic N) is 1. The topological polar surface area (TPSA) is 45.0 Å². The zero-order valence-electron chi connectivity index (χ0n) is 10.8. The number of nitrogens with one attached hydrogen (secondary N) is 1. The van der Waals surface area contributed by atoms with Gasteiger partial charge < -0.3 is 10.1 Å². The molecule has 0 spiro atoms. The fourth-order valence-corrected chi connectivity index (χ4v) is 2.56. The molecule has 1 atom stereocenters. The fourth-order valence-electron chi connectivity index (χ4n) is 1.80. The molecule has 98 valence electrons. The second-order valence-electron chi connectivity index (χ2n) is 4.17. The van der Waals surface area contributed by atoms with Crippen molar-refractivity contribution in [3.63, 3.8) is 0 Å². The molecule has 0 bridgehead atoms. The third-order valence-electron chi connectivity index (χ3n) is 2.83. The van der Waals surface area contributed by atoms with Crippen LogP contribution in [-0.4, -0.2) is 6.61 Å². The first kappa shape index (κ1) is 13.6. The number of para-hydroxylation sites is 1. The summed E-state index contributed by atoms with van der Waals surface area (Å²) in [6.07, 6.45) is 0. The van der Waals surface area contributed by atoms with E-state index < -0.39 is 0 Å². The highest BCUT2D eigenvalue weighted by atomic mass is 32.1. The highest BCUT2D eigenvalue weighted by Crippen LogP contribution is 2.21. The summed E-state index contributed by atoms with van der Waals surface area (Å²) >= 11 is 1.75. The number of nitriles is 1. The summed E-state index contributed by atoms with van der Waals surface area (Å²) in [5, 5.41) is 14.1. The minimum atomic E-state index is 0.0808. The lowest BCUT2D eigenvalue weighted by Crippen LogP contribution is -2.17. The Bertz CT molecular complexity index is 546. The minimum absolute atomic E-state index is 0.0808. The average molecular weight is 272 g/mol. The maximum Gasteiger partial charge on any atom is 0.174 e. The lowest BCUT2D eigenvalue weighted by atomic mass is 10.2. The summed E-state index contributed by atoms with van der Waals surface area (Å²) in [6.45, 7) is 2.95. The van der Waals surface area contributed by atoms with E-state index in [9.17, 15) is 0 Å². The minimum Gasteiger partial charge on any atom is -0.478 e. The van der Waals surface area contributed by atoms with E-state index in [1.54, 1.807) is 11.3 Å². The Balaban J connectivity index is 1.97. The average Bonchev–Trinajstić information content (AvgIpc) is 2.97. The van der Waals surface area contributed by atoms with Crippen molar-refractivity contribution in [3.8, 4) is 11.8 Å². The first-order valence-electron chi connectivity index (χ1n) is 6.15. The molecule has 0 aliphatic heterocycles. The summed E-state index contributed by atoms with van der Waals surface area (Å²) in [5.41, 5.74) is 1.07. The molecule has 0 aliphatic carbocycles. The second-order valence-corrected chi connectivity index (χ2v) is 5.15. The number of rotatable bonds is 6. The third kappa shape index (κ3) is 3.82. The van der Waals surface area contributed by atoms with Crippen molar-refractivity contribution in [1.82, 2.24) is 5.32 Å². The Morgan fingerprint density at radius 1 is 1.32 bits per heavy atom. The molecule has 0 unspecified atom stereocenters. The first-order chi connectivity index (χ1) is 9.31. The van der Waals surface area contributed by atoms with E-state index in [0.29, 0.717) is 6.04 Å². The number of ether oxygens (including phenoxy) is 1. The zero-order chi connectivity index (χ0) is 13.5. The summed E-state index contributed by atoms with van der Waals surface area (Å²) in [6, 6.07) is 14.3. The molecule has 1 aromatic carbocycles. The van der Waals surface area contributed by atoms with Crippen molar-refractivity contribution in [1.29, 1.82) is 5.26 Å². The molecule has 0 amide bonds. The number of hydrogen-bond acceptors (Lipinski definition) is 4. The molecule has 2 rings (SSSR count). The van der Waals surface area contributed by atoms with E-state index in [1.807, 2.05) is 30.3 Å². The van der Waals surface area contributed by atoms with Gasteiger partial charge >= 0.3 is 0 Å². The zero-order valence-corrected chi connectivity index (χ0v) is 11.6. The van der Waals surface area contributed by atoms with Gasteiger partial charge in [0, 0.05) is 23.0 Å². The van der Waals surface area contributed by atoms with Gasteiger partial charge in [-0.15, -0.1) is 11.3 Å². The van der Waals surface area contributed by atoms with Crippen molar-refractivity contribution in [2.45, 2.75) is 19.5 Å². The van der Waals surface area contributed by atoms with Crippen molar-refractivity contribution < 1.29 is 4.74 Å². The van der Waals surface area contributed by atoms with E-state index in [0.717, 1.165) is 17.9 Å². The molecular weight excluding hydrogens is 256 g/mol. The molecule has 0 fully saturated rings. The summed E-state index contributed by atoms with van der Waals surface area (Å²) < 4.78 is 5.41. The Labute approximate surface area is 117 Å². The van der Waals surface area contributed by atoms with E-state index in [2.05, 4.69) is 29.8 Å². The highest BCUT2D eigenvalue weighted by Gasteiger charge is 2.08. The van der Waals surface area contributed by atoms with E-state index in [4.69, 9.17) is 10.00 Å². The lowest BCUT2D eigenvalue weighted by Gasteiger charge is -2.14. The summed E-state index contributed by atoms with van der Waals surface area (Å²) in [5.74, 6) is 0.773. The molecule has 0 aliphatic rings. The van der Waals surface area contributed by atoms with Crippen LogP contribution in [0.25, 0.3) is 0 Å². The van der Waals surface area contributed by atoms with Crippen LogP contribution in [0, 0.1) is 11.3 Å². The van der Waals surface area contributed by atoms with Gasteiger partial charge in [-0.2, -0.15) is 5.26 Å². The predicted octanol–water partition coefficient (Wildman–Crippen LogP) is 3.50. The number of benzene rings is 1. The molecule has 3 nitrogen and oxygen atoms in total. The smallest absolute Gasteiger partial charge is 0.174 e. The van der Waals surface area contributed by atoms with Gasteiger partial charge in [0.25, 0.3) is 0 Å². The summed E-state index contributed by atoms with van der Waals surface area (Å²) in [4.78, 5) is 1.32. The van der Waals surface area contributed by atoms with Crippen LogP contribution in [0.3, 0.4) is 0 Å². The maximum absolute atomic E-state index is 8.57. The summed E-state index contributed by atoms with van der Waals surface area (Å²) in [7, 11) is 0. The quantitative estimate of drug-likeness (QED) is 0.875. The molecule has 0 saturated carbocycles. The van der Waals surface area contributed by atoms with Gasteiger partial charge in [0.2, 0.25) is 0 Å². The van der Waals surface area contributed by atoms with Crippen LogP contribution < -0.4 is 10.1 Å². The van der Waals surface area contributed by atoms with Gasteiger partial charge in [-0.25, -0.2) is 0 Å². The molecule has 2 aromatic rings. The van der Waals surface area contributed by atoms with Crippen LogP contribution in [0.4, 0.5) is 0 Å². The van der Waals surface area contributed by atoms with Crippen LogP contribution in [0.2, 0.25) is 0 Å². The van der Waals surface area contributed by atoms with Crippen molar-refractivity contribution in [3.05, 3.63) is 52.2 Å². The van der Waals surface area contributed by atoms with Crippen LogP contribution in [-0.2, 0) is 6.54 Å². The molecule has 4 heteroatoms. The Hall–Kier alpha value is -1.83. The van der Waals surface area contributed by atoms with Gasteiger partial charge in [0.05, 0.1) is 0 Å². The lowest BCUT2D eigenvalue weighted by molar-refractivity contribution is 0.362. The van der Waals surface area contributed by atoms with Gasteiger partial charge in [0.1, 0.15) is 11.8 Å². The monoisotopic (exact) mass is 272 g/mol. The van der Waals surface area contributed by atoms with Gasteiger partial charge in [-0.3, -0.25) is 0 Å². The maximum atomic E-state index is 8.57. The molecule has 19 heavy (non-hydrogen) atoms. The molecule has 1 heterocycles. The van der Waals surface area contributed by atoms with Crippen molar-refractivity contribution in [2.75, 3.05) is 6.61 Å². The fraction of sp³-hybridized carbons (Fsp3) is 0.267. The first-order valence-corrected chi connectivity index (χ1v) is 7.03. The number of thiophene rings is 1. The van der Waals surface area contributed by atoms with Crippen molar-refractivity contribution >= 4 is 11.3 Å². The van der Waals surface area contributed by atoms with Gasteiger partial charge in [0.15, 0.2) is 6.61 Å². The number of hydrogen-bond donors (Lipinski definition) is 1. The van der Waals surface area contributed by atoms with E-state index in [-0.39, 0.29) is 6.61 Å². The molecule has 0 radical (unpaired) electrons. The van der Waals surface area contributed by atoms with Crippen LogP contribution in [0.15, 0.2) is 41.8 Å². The van der Waals surface area contributed by atoms with Gasteiger partial charge in [-0.1, -0.05) is 24.3 Å². The molecule has 1 aromatic heterocycles. The van der Waals surface area contributed by atoms with Gasteiger partial charge in [-0.05, 0) is 24.4 Å². The molecular formula is C15H16N2OS. The largest absolute Gasteiger partial charge is 0.478 e. The standard InChI is InChI=1S/C15H16N2OS/c1-12(15-7-4-10-19-15)17-11-13-5-2-3-6-14(13)18-9-8-16/h2-7,10,12,17H,9,11H2,1H3/t12-/m1/s1. The second kappa shape index (κ2) is 6.93. The third-order valence-corrected chi connectivity index (χ3v) is 3.89. The molecule has 1 N–H and O–H groups in total. The highest BCUT2D eigenvalue weighted by molar-refractivity contribution is 7.10. The SMILES string of the molecule is C[C@@H](NCc1ccccc1OCC#N)c1cccs1. The molecule has 0 saturated heterocycles. The van der Waals surface area contributed by atoms with Crippen molar-refractivity contribution in [2.24, 2.45) is 0 Å². The van der Waals surface area contributed by atoms with Crippen LogP contribution in [0.5, 0.6) is 5.75 Å². The Morgan fingerprint density at radius 3 is 2.89 bits per heavy atom.